The van der Waals surface area contributed by atoms with Crippen molar-refractivity contribution in [1.82, 2.24) is 9.55 Å². The number of unbranched alkanes of at least 4 members (excludes halogenated alkanes) is 1. The Balaban J connectivity index is 1.70. The van der Waals surface area contributed by atoms with E-state index in [4.69, 9.17) is 0 Å². The first kappa shape index (κ1) is 12.0. The summed E-state index contributed by atoms with van der Waals surface area (Å²) in [6.45, 7) is 0.950. The number of hydrogen-bond acceptors (Lipinski definition) is 2. The molecule has 1 heterocycles. The second-order valence-electron chi connectivity index (χ2n) is 3.87. The quantitative estimate of drug-likeness (QED) is 0.736. The van der Waals surface area contributed by atoms with Gasteiger partial charge < -0.3 is 4.57 Å². The fourth-order valence-corrected chi connectivity index (χ4v) is 2.80. The lowest BCUT2D eigenvalue weighted by Gasteiger charge is -2.03. The van der Waals surface area contributed by atoms with E-state index in [-0.39, 0.29) is 0 Å². The third-order valence-corrected chi connectivity index (χ3v) is 4.02. The summed E-state index contributed by atoms with van der Waals surface area (Å²) in [5.74, 6) is 0.735. The second-order valence-corrected chi connectivity index (χ2v) is 5.44. The number of benzene rings is 1. The summed E-state index contributed by atoms with van der Waals surface area (Å²) in [7, 11) is -0.857. The first-order valence-electron chi connectivity index (χ1n) is 5.75. The van der Waals surface area contributed by atoms with Crippen molar-refractivity contribution in [2.45, 2.75) is 24.3 Å². The maximum atomic E-state index is 11.9. The van der Waals surface area contributed by atoms with Crippen molar-refractivity contribution in [3.63, 3.8) is 0 Å². The van der Waals surface area contributed by atoms with Gasteiger partial charge in [-0.25, -0.2) is 4.98 Å². The fraction of sp³-hybridized carbons (Fsp3) is 0.308. The summed E-state index contributed by atoms with van der Waals surface area (Å²) in [5, 5.41) is 0. The predicted octanol–water partition coefficient (Wildman–Crippen LogP) is 2.47. The lowest BCUT2D eigenvalue weighted by atomic mass is 10.3. The maximum Gasteiger partial charge on any atom is 0.0945 e. The van der Waals surface area contributed by atoms with E-state index in [0.29, 0.717) is 0 Å². The molecule has 0 saturated heterocycles. The van der Waals surface area contributed by atoms with Gasteiger partial charge in [0.15, 0.2) is 0 Å². The average molecular weight is 248 g/mol. The zero-order chi connectivity index (χ0) is 11.9. The Morgan fingerprint density at radius 2 is 2.00 bits per heavy atom. The summed E-state index contributed by atoms with van der Waals surface area (Å²) in [6, 6.07) is 9.65. The van der Waals surface area contributed by atoms with Gasteiger partial charge >= 0.3 is 0 Å². The Morgan fingerprint density at radius 3 is 2.71 bits per heavy atom. The van der Waals surface area contributed by atoms with Crippen molar-refractivity contribution in [2.24, 2.45) is 0 Å². The Hall–Kier alpha value is -1.42. The van der Waals surface area contributed by atoms with Gasteiger partial charge in [-0.05, 0) is 25.0 Å². The first-order chi connectivity index (χ1) is 8.36. The van der Waals surface area contributed by atoms with Gasteiger partial charge in [0.05, 0.1) is 17.1 Å². The summed E-state index contributed by atoms with van der Waals surface area (Å²) >= 11 is 0. The van der Waals surface area contributed by atoms with Crippen molar-refractivity contribution in [3.8, 4) is 0 Å². The van der Waals surface area contributed by atoms with Crippen LogP contribution in [0.2, 0.25) is 0 Å². The van der Waals surface area contributed by atoms with E-state index >= 15 is 0 Å². The molecule has 4 heteroatoms. The average Bonchev–Trinajstić information content (AvgIpc) is 2.88. The van der Waals surface area contributed by atoms with Crippen LogP contribution in [0, 0.1) is 0 Å². The third-order valence-electron chi connectivity index (χ3n) is 2.56. The zero-order valence-corrected chi connectivity index (χ0v) is 10.5. The van der Waals surface area contributed by atoms with Gasteiger partial charge in [-0.1, -0.05) is 18.2 Å². The molecule has 1 unspecified atom stereocenters. The Bertz CT molecular complexity index is 454. The number of imidazole rings is 1. The number of nitrogens with zero attached hydrogens (tertiary/aromatic N) is 2. The lowest BCUT2D eigenvalue weighted by molar-refractivity contribution is 0.627. The van der Waals surface area contributed by atoms with Crippen LogP contribution >= 0.6 is 0 Å². The minimum absolute atomic E-state index is 0.735. The van der Waals surface area contributed by atoms with Crippen LogP contribution in [0.4, 0.5) is 0 Å². The van der Waals surface area contributed by atoms with E-state index in [1.165, 1.54) is 0 Å². The van der Waals surface area contributed by atoms with Crippen LogP contribution in [-0.2, 0) is 17.3 Å². The van der Waals surface area contributed by atoms with Crippen molar-refractivity contribution in [1.29, 1.82) is 0 Å². The molecule has 0 saturated carbocycles. The molecule has 1 atom stereocenters. The molecule has 0 aliphatic carbocycles. The van der Waals surface area contributed by atoms with Crippen LogP contribution in [0.25, 0.3) is 0 Å². The van der Waals surface area contributed by atoms with E-state index in [1.807, 2.05) is 47.4 Å². The summed E-state index contributed by atoms with van der Waals surface area (Å²) in [5.41, 5.74) is 0. The Kier molecular flexibility index (Phi) is 4.50. The minimum Gasteiger partial charge on any atom is -0.337 e. The molecule has 2 rings (SSSR count). The van der Waals surface area contributed by atoms with Crippen LogP contribution in [0.1, 0.15) is 12.8 Å². The Morgan fingerprint density at radius 1 is 1.18 bits per heavy atom. The summed E-state index contributed by atoms with van der Waals surface area (Å²) in [4.78, 5) is 4.91. The van der Waals surface area contributed by atoms with Crippen LogP contribution < -0.4 is 0 Å². The van der Waals surface area contributed by atoms with E-state index in [1.54, 1.807) is 6.20 Å². The highest BCUT2D eigenvalue weighted by molar-refractivity contribution is 7.85. The van der Waals surface area contributed by atoms with Crippen LogP contribution in [0.3, 0.4) is 0 Å². The molecular weight excluding hydrogens is 232 g/mol. The van der Waals surface area contributed by atoms with Gasteiger partial charge in [0.1, 0.15) is 0 Å². The van der Waals surface area contributed by atoms with Crippen molar-refractivity contribution < 1.29 is 4.21 Å². The first-order valence-corrected chi connectivity index (χ1v) is 7.07. The van der Waals surface area contributed by atoms with Crippen molar-refractivity contribution in [2.75, 3.05) is 5.75 Å². The number of aryl methyl sites for hydroxylation is 1. The third kappa shape index (κ3) is 3.82. The number of aromatic nitrogens is 2. The molecule has 1 aromatic heterocycles. The lowest BCUT2D eigenvalue weighted by Crippen LogP contribution is -2.01. The molecule has 0 aliphatic rings. The normalized spacial score (nSPS) is 12.5. The molecule has 0 fully saturated rings. The molecule has 2 aromatic rings. The number of rotatable bonds is 6. The molecule has 1 aromatic carbocycles. The highest BCUT2D eigenvalue weighted by Gasteiger charge is 2.02. The molecule has 0 aliphatic heterocycles. The van der Waals surface area contributed by atoms with E-state index < -0.39 is 10.8 Å². The molecule has 0 spiro atoms. The second kappa shape index (κ2) is 6.35. The van der Waals surface area contributed by atoms with Crippen molar-refractivity contribution >= 4 is 10.8 Å². The highest BCUT2D eigenvalue weighted by atomic mass is 32.2. The zero-order valence-electron chi connectivity index (χ0n) is 9.66. The van der Waals surface area contributed by atoms with Crippen LogP contribution in [0.5, 0.6) is 0 Å². The topological polar surface area (TPSA) is 34.9 Å². The van der Waals surface area contributed by atoms with Crippen LogP contribution in [0.15, 0.2) is 53.9 Å². The number of hydrogen-bond donors (Lipinski definition) is 0. The molecule has 0 bridgehead atoms. The smallest absolute Gasteiger partial charge is 0.0945 e. The highest BCUT2D eigenvalue weighted by Crippen LogP contribution is 2.07. The Labute approximate surface area is 104 Å². The van der Waals surface area contributed by atoms with Crippen molar-refractivity contribution in [3.05, 3.63) is 49.1 Å². The van der Waals surface area contributed by atoms with Gasteiger partial charge in [0.25, 0.3) is 0 Å². The maximum absolute atomic E-state index is 11.9. The molecule has 3 nitrogen and oxygen atoms in total. The predicted molar refractivity (Wildman–Crippen MR) is 69.2 cm³/mol. The largest absolute Gasteiger partial charge is 0.337 e. The van der Waals surface area contributed by atoms with E-state index in [9.17, 15) is 4.21 Å². The summed E-state index contributed by atoms with van der Waals surface area (Å²) < 4.78 is 13.9. The van der Waals surface area contributed by atoms with Gasteiger partial charge in [0, 0.05) is 29.6 Å². The van der Waals surface area contributed by atoms with Crippen LogP contribution in [-0.4, -0.2) is 19.5 Å². The molecule has 17 heavy (non-hydrogen) atoms. The minimum atomic E-state index is -0.857. The van der Waals surface area contributed by atoms with E-state index in [2.05, 4.69) is 4.98 Å². The van der Waals surface area contributed by atoms with Gasteiger partial charge in [-0.15, -0.1) is 0 Å². The van der Waals surface area contributed by atoms with E-state index in [0.717, 1.165) is 30.0 Å². The van der Waals surface area contributed by atoms with Gasteiger partial charge in [-0.2, -0.15) is 0 Å². The standard InChI is InChI=1S/C13H16N2OS/c16-17(13-6-2-1-3-7-13)11-5-4-9-15-10-8-14-12-15/h1-3,6-8,10,12H,4-5,9,11H2. The molecule has 0 amide bonds. The monoisotopic (exact) mass is 248 g/mol. The summed E-state index contributed by atoms with van der Waals surface area (Å²) in [6.07, 6.45) is 7.55. The molecular formula is C13H16N2OS. The van der Waals surface area contributed by atoms with Gasteiger partial charge in [-0.3, -0.25) is 4.21 Å². The molecule has 90 valence electrons. The molecule has 0 N–H and O–H groups in total. The fourth-order valence-electron chi connectivity index (χ4n) is 1.64. The molecule has 0 radical (unpaired) electrons. The van der Waals surface area contributed by atoms with Gasteiger partial charge in [0.2, 0.25) is 0 Å². The SMILES string of the molecule is O=S(CCCCn1ccnc1)c1ccccc1.